The summed E-state index contributed by atoms with van der Waals surface area (Å²) in [5.41, 5.74) is 0.352. The number of hydrogen-bond acceptors (Lipinski definition) is 4. The number of amides is 2. The number of rotatable bonds is 7. The lowest BCUT2D eigenvalue weighted by atomic mass is 9.76. The zero-order chi connectivity index (χ0) is 20.3. The van der Waals surface area contributed by atoms with Gasteiger partial charge in [0, 0.05) is 49.5 Å². The first-order valence-electron chi connectivity index (χ1n) is 9.80. The molecule has 0 bridgehead atoms. The predicted molar refractivity (Wildman–Crippen MR) is 110 cm³/mol. The van der Waals surface area contributed by atoms with Crippen molar-refractivity contribution in [3.8, 4) is 0 Å². The van der Waals surface area contributed by atoms with Crippen molar-refractivity contribution >= 4 is 40.8 Å². The van der Waals surface area contributed by atoms with E-state index in [1.54, 1.807) is 18.2 Å². The number of nitrogens with zero attached hydrogens (tertiary/aromatic N) is 2. The van der Waals surface area contributed by atoms with E-state index in [0.717, 1.165) is 25.7 Å². The number of likely N-dealkylation sites (N-methyl/N-ethyl adjacent to an activating group) is 1. The summed E-state index contributed by atoms with van der Waals surface area (Å²) in [5.74, 6) is -0.172. The molecule has 2 fully saturated rings. The van der Waals surface area contributed by atoms with Crippen LogP contribution in [0.3, 0.4) is 0 Å². The Kier molecular flexibility index (Phi) is 6.79. The molecule has 0 unspecified atom stereocenters. The fourth-order valence-electron chi connectivity index (χ4n) is 4.28. The van der Waals surface area contributed by atoms with Gasteiger partial charge in [0.05, 0.1) is 5.02 Å². The van der Waals surface area contributed by atoms with Crippen LogP contribution in [0.15, 0.2) is 18.2 Å². The molecule has 1 aromatic rings. The standard InChI is InChI=1S/C21H26Cl2N2O3/c1-24(9-6-18(26)16-12-15(22)4-5-17(16)23)10-11-25-19(27)13-21(14-20(25)28)7-2-3-8-21/h4-5,12H,2-3,6-11,13-14H2,1H3. The first-order valence-corrected chi connectivity index (χ1v) is 10.6. The van der Waals surface area contributed by atoms with Crippen molar-refractivity contribution in [2.45, 2.75) is 44.9 Å². The molecule has 1 aliphatic carbocycles. The number of ketones is 1. The molecular formula is C21H26Cl2N2O3. The normalized spacial score (nSPS) is 19.1. The zero-order valence-corrected chi connectivity index (χ0v) is 17.7. The van der Waals surface area contributed by atoms with Crippen LogP contribution in [-0.2, 0) is 9.59 Å². The van der Waals surface area contributed by atoms with Gasteiger partial charge >= 0.3 is 0 Å². The Morgan fingerprint density at radius 1 is 1.11 bits per heavy atom. The Bertz CT molecular complexity index is 755. The van der Waals surface area contributed by atoms with Crippen LogP contribution < -0.4 is 0 Å². The molecule has 1 saturated heterocycles. The number of benzene rings is 1. The monoisotopic (exact) mass is 424 g/mol. The Morgan fingerprint density at radius 3 is 2.39 bits per heavy atom. The van der Waals surface area contributed by atoms with Crippen LogP contribution in [-0.4, -0.2) is 54.1 Å². The first-order chi connectivity index (χ1) is 13.3. The molecule has 5 nitrogen and oxygen atoms in total. The Morgan fingerprint density at radius 2 is 1.75 bits per heavy atom. The van der Waals surface area contributed by atoms with Crippen LogP contribution in [0.1, 0.15) is 55.3 Å². The minimum atomic E-state index is -0.0762. The van der Waals surface area contributed by atoms with E-state index >= 15 is 0 Å². The third kappa shape index (κ3) is 4.94. The largest absolute Gasteiger partial charge is 0.304 e. The number of imide groups is 1. The van der Waals surface area contributed by atoms with Crippen molar-refractivity contribution < 1.29 is 14.4 Å². The second-order valence-electron chi connectivity index (χ2n) is 8.10. The van der Waals surface area contributed by atoms with Crippen molar-refractivity contribution in [1.82, 2.24) is 9.80 Å². The van der Waals surface area contributed by atoms with E-state index in [1.807, 2.05) is 11.9 Å². The molecular weight excluding hydrogens is 399 g/mol. The fourth-order valence-corrected chi connectivity index (χ4v) is 4.68. The maximum absolute atomic E-state index is 12.5. The molecule has 1 heterocycles. The van der Waals surface area contributed by atoms with Gasteiger partial charge < -0.3 is 4.90 Å². The Hall–Kier alpha value is -1.43. The number of Topliss-reactive ketones (excluding diaryl/α,β-unsaturated/α-hetero) is 1. The third-order valence-electron chi connectivity index (χ3n) is 5.97. The van der Waals surface area contributed by atoms with Crippen molar-refractivity contribution in [3.05, 3.63) is 33.8 Å². The molecule has 1 spiro atoms. The van der Waals surface area contributed by atoms with Gasteiger partial charge in [-0.1, -0.05) is 36.0 Å². The Balaban J connectivity index is 1.47. The van der Waals surface area contributed by atoms with Crippen LogP contribution in [0.25, 0.3) is 0 Å². The molecule has 1 aromatic carbocycles. The van der Waals surface area contributed by atoms with Gasteiger partial charge in [0.2, 0.25) is 11.8 Å². The topological polar surface area (TPSA) is 57.7 Å². The highest BCUT2D eigenvalue weighted by Crippen LogP contribution is 2.46. The molecule has 28 heavy (non-hydrogen) atoms. The maximum atomic E-state index is 12.5. The highest BCUT2D eigenvalue weighted by Gasteiger charge is 2.44. The van der Waals surface area contributed by atoms with Crippen LogP contribution in [0, 0.1) is 5.41 Å². The molecule has 0 N–H and O–H groups in total. The third-order valence-corrected chi connectivity index (χ3v) is 6.54. The number of carbonyl (C=O) groups excluding carboxylic acids is 3. The van der Waals surface area contributed by atoms with E-state index in [9.17, 15) is 14.4 Å². The van der Waals surface area contributed by atoms with Gasteiger partial charge in [0.1, 0.15) is 0 Å². The summed E-state index contributed by atoms with van der Waals surface area (Å²) >= 11 is 12.0. The van der Waals surface area contributed by atoms with Crippen LogP contribution in [0.4, 0.5) is 0 Å². The lowest BCUT2D eigenvalue weighted by Crippen LogP contribution is -2.49. The highest BCUT2D eigenvalue weighted by atomic mass is 35.5. The second-order valence-corrected chi connectivity index (χ2v) is 8.94. The molecule has 1 saturated carbocycles. The minimum Gasteiger partial charge on any atom is -0.304 e. The summed E-state index contributed by atoms with van der Waals surface area (Å²) in [4.78, 5) is 40.7. The van der Waals surface area contributed by atoms with E-state index in [0.29, 0.717) is 54.5 Å². The number of piperidine rings is 1. The van der Waals surface area contributed by atoms with E-state index in [1.165, 1.54) is 4.90 Å². The molecule has 152 valence electrons. The van der Waals surface area contributed by atoms with Gasteiger partial charge in [-0.25, -0.2) is 0 Å². The minimum absolute atomic E-state index is 0.0478. The van der Waals surface area contributed by atoms with Gasteiger partial charge in [-0.3, -0.25) is 19.3 Å². The molecule has 0 aromatic heterocycles. The highest BCUT2D eigenvalue weighted by molar-refractivity contribution is 6.35. The average molecular weight is 425 g/mol. The number of likely N-dealkylation sites (tertiary alicyclic amines) is 1. The van der Waals surface area contributed by atoms with Gasteiger partial charge in [0.15, 0.2) is 5.78 Å². The average Bonchev–Trinajstić information content (AvgIpc) is 3.08. The van der Waals surface area contributed by atoms with Crippen molar-refractivity contribution in [3.63, 3.8) is 0 Å². The van der Waals surface area contributed by atoms with Crippen LogP contribution >= 0.6 is 23.2 Å². The SMILES string of the molecule is CN(CCC(=O)c1cc(Cl)ccc1Cl)CCN1C(=O)CC2(CCCC2)CC1=O. The van der Waals surface area contributed by atoms with Crippen LogP contribution in [0.5, 0.6) is 0 Å². The second kappa shape index (κ2) is 8.93. The summed E-state index contributed by atoms with van der Waals surface area (Å²) in [7, 11) is 1.88. The molecule has 3 rings (SSSR count). The lowest BCUT2D eigenvalue weighted by molar-refractivity contribution is -0.153. The number of hydrogen-bond donors (Lipinski definition) is 0. The maximum Gasteiger partial charge on any atom is 0.229 e. The predicted octanol–water partition coefficient (Wildman–Crippen LogP) is 4.21. The van der Waals surface area contributed by atoms with Gasteiger partial charge in [-0.05, 0) is 43.5 Å². The molecule has 1 aliphatic heterocycles. The molecule has 2 amide bonds. The number of halogens is 2. The molecule has 2 aliphatic rings. The fraction of sp³-hybridized carbons (Fsp3) is 0.571. The summed E-state index contributed by atoms with van der Waals surface area (Å²) in [5, 5.41) is 0.866. The molecule has 0 radical (unpaired) electrons. The summed E-state index contributed by atoms with van der Waals surface area (Å²) < 4.78 is 0. The number of carbonyl (C=O) groups is 3. The molecule has 0 atom stereocenters. The zero-order valence-electron chi connectivity index (χ0n) is 16.2. The van der Waals surface area contributed by atoms with Crippen molar-refractivity contribution in [2.24, 2.45) is 5.41 Å². The van der Waals surface area contributed by atoms with E-state index in [4.69, 9.17) is 23.2 Å². The van der Waals surface area contributed by atoms with Crippen molar-refractivity contribution in [2.75, 3.05) is 26.7 Å². The quantitative estimate of drug-likeness (QED) is 0.485. The first kappa shape index (κ1) is 21.3. The van der Waals surface area contributed by atoms with Gasteiger partial charge in [-0.2, -0.15) is 0 Å². The van der Waals surface area contributed by atoms with E-state index in [2.05, 4.69) is 0 Å². The van der Waals surface area contributed by atoms with Crippen LogP contribution in [0.2, 0.25) is 10.0 Å². The van der Waals surface area contributed by atoms with Crippen molar-refractivity contribution in [1.29, 1.82) is 0 Å². The lowest BCUT2D eigenvalue weighted by Gasteiger charge is -2.37. The van der Waals surface area contributed by atoms with Gasteiger partial charge in [0.25, 0.3) is 0 Å². The van der Waals surface area contributed by atoms with Gasteiger partial charge in [-0.15, -0.1) is 0 Å². The van der Waals surface area contributed by atoms with E-state index < -0.39 is 0 Å². The molecule has 7 heteroatoms. The summed E-state index contributed by atoms with van der Waals surface area (Å²) in [6.45, 7) is 1.43. The van der Waals surface area contributed by atoms with E-state index in [-0.39, 0.29) is 23.0 Å². The summed E-state index contributed by atoms with van der Waals surface area (Å²) in [6, 6.07) is 4.84. The Labute approximate surface area is 176 Å². The smallest absolute Gasteiger partial charge is 0.229 e. The summed E-state index contributed by atoms with van der Waals surface area (Å²) in [6.07, 6.45) is 5.50.